The van der Waals surface area contributed by atoms with Gasteiger partial charge in [0.2, 0.25) is 0 Å². The van der Waals surface area contributed by atoms with Crippen LogP contribution >= 0.6 is 0 Å². The monoisotopic (exact) mass is 514 g/mol. The van der Waals surface area contributed by atoms with E-state index < -0.39 is 0 Å². The number of hydrogen-bond acceptors (Lipinski definition) is 5. The molecule has 0 N–H and O–H groups in total. The molecule has 0 spiro atoms. The second-order valence-electron chi connectivity index (χ2n) is 10.3. The van der Waals surface area contributed by atoms with Gasteiger partial charge in [0.15, 0.2) is 0 Å². The summed E-state index contributed by atoms with van der Waals surface area (Å²) in [5, 5.41) is 0. The zero-order chi connectivity index (χ0) is 26.6. The first-order chi connectivity index (χ1) is 17.7. The highest BCUT2D eigenvalue weighted by molar-refractivity contribution is 5.76. The van der Waals surface area contributed by atoms with Crippen LogP contribution < -0.4 is 0 Å². The molecule has 0 saturated carbocycles. The minimum absolute atomic E-state index is 0.00197. The second-order valence-corrected chi connectivity index (χ2v) is 10.3. The SMILES string of the molecule is CCCCCCCCC(CC)(CCCCCCCC)C(=O)OCCOCCCOCCOCCCC. The number of carbonyl (C=O) groups is 1. The number of esters is 1. The molecule has 0 aliphatic carbocycles. The van der Waals surface area contributed by atoms with Crippen LogP contribution in [0.4, 0.5) is 0 Å². The minimum atomic E-state index is -0.317. The summed E-state index contributed by atoms with van der Waals surface area (Å²) >= 11 is 0. The second kappa shape index (κ2) is 27.4. The third kappa shape index (κ3) is 20.4. The summed E-state index contributed by atoms with van der Waals surface area (Å²) < 4.78 is 22.5. The Morgan fingerprint density at radius 1 is 0.472 bits per heavy atom. The van der Waals surface area contributed by atoms with Crippen molar-refractivity contribution in [1.82, 2.24) is 0 Å². The van der Waals surface area contributed by atoms with Crippen LogP contribution in [-0.4, -0.2) is 52.2 Å². The predicted octanol–water partition coefficient (Wildman–Crippen LogP) is 8.67. The Labute approximate surface area is 224 Å². The van der Waals surface area contributed by atoms with Gasteiger partial charge in [0.05, 0.1) is 25.2 Å². The molecule has 216 valence electrons. The molecule has 0 aliphatic rings. The lowest BCUT2D eigenvalue weighted by molar-refractivity contribution is -0.159. The van der Waals surface area contributed by atoms with Gasteiger partial charge in [-0.15, -0.1) is 0 Å². The van der Waals surface area contributed by atoms with E-state index in [2.05, 4.69) is 27.7 Å². The standard InChI is InChI=1S/C31H62O5/c1-5-9-12-14-16-18-21-31(8-4,22-19-17-15-13-10-6-2)30(32)36-29-28-35-25-20-24-34-27-26-33-23-11-7-3/h5-29H2,1-4H3. The van der Waals surface area contributed by atoms with Crippen molar-refractivity contribution in [2.75, 3.05) is 46.2 Å². The van der Waals surface area contributed by atoms with E-state index in [0.717, 1.165) is 58.0 Å². The van der Waals surface area contributed by atoms with Gasteiger partial charge in [-0.2, -0.15) is 0 Å². The summed E-state index contributed by atoms with van der Waals surface area (Å²) in [4.78, 5) is 13.2. The lowest BCUT2D eigenvalue weighted by atomic mass is 9.75. The van der Waals surface area contributed by atoms with Crippen molar-refractivity contribution >= 4 is 5.97 Å². The van der Waals surface area contributed by atoms with Crippen LogP contribution in [0.25, 0.3) is 0 Å². The Hall–Kier alpha value is -0.650. The van der Waals surface area contributed by atoms with Crippen LogP contribution in [0, 0.1) is 5.41 Å². The van der Waals surface area contributed by atoms with E-state index in [9.17, 15) is 4.79 Å². The van der Waals surface area contributed by atoms with E-state index in [4.69, 9.17) is 18.9 Å². The van der Waals surface area contributed by atoms with Crippen molar-refractivity contribution in [3.05, 3.63) is 0 Å². The number of ether oxygens (including phenoxy) is 4. The Morgan fingerprint density at radius 2 is 0.889 bits per heavy atom. The zero-order valence-electron chi connectivity index (χ0n) is 24.7. The van der Waals surface area contributed by atoms with Crippen LogP contribution in [0.1, 0.15) is 143 Å². The van der Waals surface area contributed by atoms with Crippen LogP contribution in [0.15, 0.2) is 0 Å². The van der Waals surface area contributed by atoms with E-state index in [1.165, 1.54) is 64.2 Å². The molecule has 0 bridgehead atoms. The number of hydrogen-bond donors (Lipinski definition) is 0. The van der Waals surface area contributed by atoms with E-state index in [1.807, 2.05) is 0 Å². The van der Waals surface area contributed by atoms with Crippen molar-refractivity contribution in [2.45, 2.75) is 143 Å². The lowest BCUT2D eigenvalue weighted by Gasteiger charge is -2.31. The maximum Gasteiger partial charge on any atom is 0.312 e. The predicted molar refractivity (Wildman–Crippen MR) is 152 cm³/mol. The molecule has 0 rings (SSSR count). The van der Waals surface area contributed by atoms with E-state index in [1.54, 1.807) is 0 Å². The lowest BCUT2D eigenvalue weighted by Crippen LogP contribution is -2.33. The Balaban J connectivity index is 4.21. The highest BCUT2D eigenvalue weighted by atomic mass is 16.6. The van der Waals surface area contributed by atoms with Gasteiger partial charge in [-0.1, -0.05) is 111 Å². The fourth-order valence-electron chi connectivity index (χ4n) is 4.59. The molecule has 0 aromatic heterocycles. The zero-order valence-corrected chi connectivity index (χ0v) is 24.7. The van der Waals surface area contributed by atoms with Gasteiger partial charge in [-0.25, -0.2) is 0 Å². The Morgan fingerprint density at radius 3 is 1.36 bits per heavy atom. The first-order valence-electron chi connectivity index (χ1n) is 15.6. The normalized spacial score (nSPS) is 11.8. The molecule has 0 amide bonds. The van der Waals surface area contributed by atoms with Crippen molar-refractivity contribution in [3.8, 4) is 0 Å². The maximum atomic E-state index is 13.2. The topological polar surface area (TPSA) is 54.0 Å². The summed E-state index contributed by atoms with van der Waals surface area (Å²) in [6, 6.07) is 0. The van der Waals surface area contributed by atoms with Crippen molar-refractivity contribution in [2.24, 2.45) is 5.41 Å². The largest absolute Gasteiger partial charge is 0.463 e. The molecular formula is C31H62O5. The third-order valence-corrected chi connectivity index (χ3v) is 7.18. The maximum absolute atomic E-state index is 13.2. The van der Waals surface area contributed by atoms with Crippen molar-refractivity contribution < 1.29 is 23.7 Å². The highest BCUT2D eigenvalue weighted by Gasteiger charge is 2.37. The summed E-state index contributed by atoms with van der Waals surface area (Å²) in [5.74, 6) is 0.00197. The van der Waals surface area contributed by atoms with Crippen LogP contribution in [0.2, 0.25) is 0 Å². The molecule has 36 heavy (non-hydrogen) atoms. The van der Waals surface area contributed by atoms with E-state index >= 15 is 0 Å². The summed E-state index contributed by atoms with van der Waals surface area (Å²) in [6.07, 6.45) is 21.0. The van der Waals surface area contributed by atoms with Crippen LogP contribution in [0.5, 0.6) is 0 Å². The molecule has 5 heteroatoms. The molecule has 0 atom stereocenters. The summed E-state index contributed by atoms with van der Waals surface area (Å²) in [7, 11) is 0. The van der Waals surface area contributed by atoms with Gasteiger partial charge in [-0.3, -0.25) is 4.79 Å². The van der Waals surface area contributed by atoms with Crippen LogP contribution in [0.3, 0.4) is 0 Å². The summed E-state index contributed by atoms with van der Waals surface area (Å²) in [6.45, 7) is 13.1. The van der Waals surface area contributed by atoms with Gasteiger partial charge in [0, 0.05) is 19.8 Å². The Bertz CT molecular complexity index is 438. The van der Waals surface area contributed by atoms with E-state index in [0.29, 0.717) is 39.6 Å². The molecule has 5 nitrogen and oxygen atoms in total. The van der Waals surface area contributed by atoms with Gasteiger partial charge < -0.3 is 18.9 Å². The smallest absolute Gasteiger partial charge is 0.312 e. The molecule has 0 heterocycles. The number of rotatable bonds is 29. The molecule has 0 fully saturated rings. The number of unbranched alkanes of at least 4 members (excludes halogenated alkanes) is 11. The van der Waals surface area contributed by atoms with Crippen molar-refractivity contribution in [3.63, 3.8) is 0 Å². The fraction of sp³-hybridized carbons (Fsp3) is 0.968. The highest BCUT2D eigenvalue weighted by Crippen LogP contribution is 2.37. The van der Waals surface area contributed by atoms with Crippen molar-refractivity contribution in [1.29, 1.82) is 0 Å². The average molecular weight is 515 g/mol. The fourth-order valence-corrected chi connectivity index (χ4v) is 4.59. The quantitative estimate of drug-likeness (QED) is 0.0738. The number of carbonyl (C=O) groups excluding carboxylic acids is 1. The van der Waals surface area contributed by atoms with Gasteiger partial charge in [-0.05, 0) is 32.1 Å². The van der Waals surface area contributed by atoms with Gasteiger partial charge in [0.1, 0.15) is 6.61 Å². The van der Waals surface area contributed by atoms with Crippen LogP contribution in [-0.2, 0) is 23.7 Å². The molecule has 0 aliphatic heterocycles. The summed E-state index contributed by atoms with van der Waals surface area (Å²) in [5.41, 5.74) is -0.317. The van der Waals surface area contributed by atoms with E-state index in [-0.39, 0.29) is 11.4 Å². The molecule has 0 unspecified atom stereocenters. The molecule has 0 radical (unpaired) electrons. The molecule has 0 saturated heterocycles. The Kier molecular flexibility index (Phi) is 26.9. The molecule has 0 aromatic carbocycles. The molecule has 0 aromatic rings. The van der Waals surface area contributed by atoms with Gasteiger partial charge >= 0.3 is 5.97 Å². The third-order valence-electron chi connectivity index (χ3n) is 7.18. The average Bonchev–Trinajstić information content (AvgIpc) is 2.89. The van der Waals surface area contributed by atoms with Gasteiger partial charge in [0.25, 0.3) is 0 Å². The minimum Gasteiger partial charge on any atom is -0.463 e. The first-order valence-corrected chi connectivity index (χ1v) is 15.6. The molecular weight excluding hydrogens is 452 g/mol. The first kappa shape index (κ1) is 35.4.